The van der Waals surface area contributed by atoms with E-state index < -0.39 is 0 Å². The van der Waals surface area contributed by atoms with Gasteiger partial charge in [-0.15, -0.1) is 0 Å². The van der Waals surface area contributed by atoms with Gasteiger partial charge in [0.25, 0.3) is 0 Å². The first-order valence-corrected chi connectivity index (χ1v) is 7.30. The number of hydrogen-bond acceptors (Lipinski definition) is 4. The van der Waals surface area contributed by atoms with Crippen LogP contribution in [0.5, 0.6) is 0 Å². The Morgan fingerprint density at radius 1 is 1.40 bits per heavy atom. The van der Waals surface area contributed by atoms with Crippen LogP contribution in [0.2, 0.25) is 5.02 Å². The van der Waals surface area contributed by atoms with E-state index in [4.69, 9.17) is 21.1 Å². The molecule has 0 aliphatic carbocycles. The molecule has 5 heteroatoms. The van der Waals surface area contributed by atoms with Crippen LogP contribution in [0.25, 0.3) is 0 Å². The fraction of sp³-hybridized carbons (Fsp3) is 0.533. The lowest BCUT2D eigenvalue weighted by atomic mass is 10.0. The van der Waals surface area contributed by atoms with Crippen molar-refractivity contribution in [3.8, 4) is 0 Å². The third-order valence-electron chi connectivity index (χ3n) is 3.33. The van der Waals surface area contributed by atoms with Gasteiger partial charge >= 0.3 is 5.97 Å². The maximum Gasteiger partial charge on any atom is 0.313 e. The molecule has 2 unspecified atom stereocenters. The summed E-state index contributed by atoms with van der Waals surface area (Å²) in [5, 5.41) is 4.00. The van der Waals surface area contributed by atoms with Gasteiger partial charge in [0.15, 0.2) is 0 Å². The standard InChI is InChI=1S/C15H20ClNO3/c1-2-7-17-14-10-19-9-13(14)15(18)20-8-11-3-5-12(16)6-4-11/h3-6,13-14,17H,2,7-10H2,1H3. The fourth-order valence-electron chi connectivity index (χ4n) is 2.16. The van der Waals surface area contributed by atoms with Gasteiger partial charge in [0.2, 0.25) is 0 Å². The average molecular weight is 298 g/mol. The zero-order chi connectivity index (χ0) is 14.4. The van der Waals surface area contributed by atoms with Crippen LogP contribution >= 0.6 is 11.6 Å². The van der Waals surface area contributed by atoms with Crippen LogP contribution in [0.3, 0.4) is 0 Å². The SMILES string of the molecule is CCCNC1COCC1C(=O)OCc1ccc(Cl)cc1. The molecule has 0 amide bonds. The minimum Gasteiger partial charge on any atom is -0.460 e. The molecule has 0 spiro atoms. The summed E-state index contributed by atoms with van der Waals surface area (Å²) in [5.74, 6) is -0.417. The first-order chi connectivity index (χ1) is 9.70. The van der Waals surface area contributed by atoms with Crippen molar-refractivity contribution in [2.24, 2.45) is 5.92 Å². The lowest BCUT2D eigenvalue weighted by Crippen LogP contribution is -2.40. The van der Waals surface area contributed by atoms with Crippen molar-refractivity contribution in [2.75, 3.05) is 19.8 Å². The first-order valence-electron chi connectivity index (χ1n) is 6.93. The van der Waals surface area contributed by atoms with Gasteiger partial charge in [0.05, 0.1) is 19.1 Å². The molecule has 1 aliphatic heterocycles. The summed E-state index contributed by atoms with van der Waals surface area (Å²) in [6.07, 6.45) is 1.03. The number of nitrogens with one attached hydrogen (secondary N) is 1. The number of hydrogen-bond donors (Lipinski definition) is 1. The van der Waals surface area contributed by atoms with Crippen molar-refractivity contribution in [2.45, 2.75) is 26.0 Å². The van der Waals surface area contributed by atoms with Crippen LogP contribution in [0.1, 0.15) is 18.9 Å². The van der Waals surface area contributed by atoms with Crippen LogP contribution in [-0.2, 0) is 20.9 Å². The first kappa shape index (κ1) is 15.3. The normalized spacial score (nSPS) is 21.9. The third kappa shape index (κ3) is 4.20. The van der Waals surface area contributed by atoms with E-state index >= 15 is 0 Å². The highest BCUT2D eigenvalue weighted by molar-refractivity contribution is 6.30. The van der Waals surface area contributed by atoms with E-state index in [1.165, 1.54) is 0 Å². The summed E-state index contributed by atoms with van der Waals surface area (Å²) in [7, 11) is 0. The lowest BCUT2D eigenvalue weighted by Gasteiger charge is -2.17. The van der Waals surface area contributed by atoms with Crippen molar-refractivity contribution >= 4 is 17.6 Å². The molecular weight excluding hydrogens is 278 g/mol. The molecular formula is C15H20ClNO3. The van der Waals surface area contributed by atoms with E-state index in [1.54, 1.807) is 12.1 Å². The molecule has 2 rings (SSSR count). The maximum absolute atomic E-state index is 12.1. The quantitative estimate of drug-likeness (QED) is 0.819. The number of benzene rings is 1. The number of carbonyl (C=O) groups excluding carboxylic acids is 1. The van der Waals surface area contributed by atoms with Gasteiger partial charge in [0.1, 0.15) is 6.61 Å². The van der Waals surface area contributed by atoms with E-state index in [9.17, 15) is 4.79 Å². The molecule has 1 aromatic rings. The number of esters is 1. The summed E-state index contributed by atoms with van der Waals surface area (Å²) in [6, 6.07) is 7.35. The number of ether oxygens (including phenoxy) is 2. The van der Waals surface area contributed by atoms with Gasteiger partial charge in [-0.2, -0.15) is 0 Å². The topological polar surface area (TPSA) is 47.6 Å². The van der Waals surface area contributed by atoms with Crippen molar-refractivity contribution in [3.63, 3.8) is 0 Å². The van der Waals surface area contributed by atoms with Crippen molar-refractivity contribution in [1.82, 2.24) is 5.32 Å². The zero-order valence-electron chi connectivity index (χ0n) is 11.6. The van der Waals surface area contributed by atoms with Crippen molar-refractivity contribution in [3.05, 3.63) is 34.9 Å². The Morgan fingerprint density at radius 2 is 2.15 bits per heavy atom. The van der Waals surface area contributed by atoms with Crippen molar-refractivity contribution in [1.29, 1.82) is 0 Å². The lowest BCUT2D eigenvalue weighted by molar-refractivity contribution is -0.150. The molecule has 4 nitrogen and oxygen atoms in total. The molecule has 1 heterocycles. The van der Waals surface area contributed by atoms with Crippen LogP contribution in [0.15, 0.2) is 24.3 Å². The molecule has 1 saturated heterocycles. The number of carbonyl (C=O) groups is 1. The van der Waals surface area contributed by atoms with Gasteiger partial charge in [-0.05, 0) is 30.7 Å². The summed E-state index contributed by atoms with van der Waals surface area (Å²) < 4.78 is 10.7. The van der Waals surface area contributed by atoms with Gasteiger partial charge in [0, 0.05) is 11.1 Å². The molecule has 0 saturated carbocycles. The second-order valence-corrected chi connectivity index (χ2v) is 5.38. The van der Waals surface area contributed by atoms with E-state index in [2.05, 4.69) is 12.2 Å². The molecule has 110 valence electrons. The molecule has 0 radical (unpaired) electrons. The highest BCUT2D eigenvalue weighted by atomic mass is 35.5. The molecule has 1 aliphatic rings. The van der Waals surface area contributed by atoms with Crippen LogP contribution in [0.4, 0.5) is 0 Å². The Morgan fingerprint density at radius 3 is 2.85 bits per heavy atom. The Kier molecular flexibility index (Phi) is 5.83. The average Bonchev–Trinajstić information content (AvgIpc) is 2.92. The van der Waals surface area contributed by atoms with Gasteiger partial charge in [-0.3, -0.25) is 4.79 Å². The monoisotopic (exact) mass is 297 g/mol. The Labute approximate surface area is 124 Å². The minimum absolute atomic E-state index is 0.0627. The molecule has 1 N–H and O–H groups in total. The molecule has 0 bridgehead atoms. The number of halogens is 1. The van der Waals surface area contributed by atoms with E-state index in [-0.39, 0.29) is 24.5 Å². The van der Waals surface area contributed by atoms with Gasteiger partial charge < -0.3 is 14.8 Å². The summed E-state index contributed by atoms with van der Waals surface area (Å²) >= 11 is 5.81. The van der Waals surface area contributed by atoms with E-state index in [0.29, 0.717) is 18.2 Å². The molecule has 2 atom stereocenters. The van der Waals surface area contributed by atoms with E-state index in [0.717, 1.165) is 18.5 Å². The Hall–Kier alpha value is -1.10. The molecule has 1 fully saturated rings. The van der Waals surface area contributed by atoms with Crippen LogP contribution in [-0.4, -0.2) is 31.8 Å². The summed E-state index contributed by atoms with van der Waals surface area (Å²) in [4.78, 5) is 12.1. The van der Waals surface area contributed by atoms with Crippen LogP contribution in [0, 0.1) is 5.92 Å². The van der Waals surface area contributed by atoms with Gasteiger partial charge in [-0.1, -0.05) is 30.7 Å². The smallest absolute Gasteiger partial charge is 0.313 e. The summed E-state index contributed by atoms with van der Waals surface area (Å²) in [5.41, 5.74) is 0.930. The van der Waals surface area contributed by atoms with Crippen molar-refractivity contribution < 1.29 is 14.3 Å². The zero-order valence-corrected chi connectivity index (χ0v) is 12.4. The Bertz CT molecular complexity index is 435. The minimum atomic E-state index is -0.214. The molecule has 0 aromatic heterocycles. The highest BCUT2D eigenvalue weighted by Crippen LogP contribution is 2.17. The number of rotatable bonds is 6. The third-order valence-corrected chi connectivity index (χ3v) is 3.59. The Balaban J connectivity index is 1.83. The fourth-order valence-corrected chi connectivity index (χ4v) is 2.29. The summed E-state index contributed by atoms with van der Waals surface area (Å²) in [6.45, 7) is 4.25. The van der Waals surface area contributed by atoms with Gasteiger partial charge in [-0.25, -0.2) is 0 Å². The highest BCUT2D eigenvalue weighted by Gasteiger charge is 2.34. The second-order valence-electron chi connectivity index (χ2n) is 4.94. The molecule has 1 aromatic carbocycles. The molecule has 20 heavy (non-hydrogen) atoms. The van der Waals surface area contributed by atoms with Crippen LogP contribution < -0.4 is 5.32 Å². The predicted molar refractivity (Wildman–Crippen MR) is 77.6 cm³/mol. The predicted octanol–water partition coefficient (Wildman–Crippen LogP) is 2.40. The van der Waals surface area contributed by atoms with E-state index in [1.807, 2.05) is 12.1 Å². The second kappa shape index (κ2) is 7.62. The largest absolute Gasteiger partial charge is 0.460 e. The maximum atomic E-state index is 12.1.